The number of ether oxygens (including phenoxy) is 2. The first-order valence-electron chi connectivity index (χ1n) is 5.84. The summed E-state index contributed by atoms with van der Waals surface area (Å²) in [5.41, 5.74) is 1.55. The second kappa shape index (κ2) is 4.90. The number of rotatable bonds is 3. The van der Waals surface area contributed by atoms with Crippen LogP contribution in [0.3, 0.4) is 0 Å². The molecule has 0 saturated heterocycles. The van der Waals surface area contributed by atoms with Crippen LogP contribution >= 0.6 is 11.6 Å². The minimum Gasteiger partial charge on any atom is -0.508 e. The molecule has 0 radical (unpaired) electrons. The average molecular weight is 278 g/mol. The van der Waals surface area contributed by atoms with Gasteiger partial charge in [-0.25, -0.2) is 0 Å². The number of benzene rings is 2. The molecular formula is C14H12ClNO3. The largest absolute Gasteiger partial charge is 0.508 e. The van der Waals surface area contributed by atoms with Gasteiger partial charge in [-0.05, 0) is 6.07 Å². The van der Waals surface area contributed by atoms with Crippen molar-refractivity contribution in [1.29, 1.82) is 0 Å². The van der Waals surface area contributed by atoms with E-state index in [1.54, 1.807) is 24.3 Å². The lowest BCUT2D eigenvalue weighted by Crippen LogP contribution is -2.00. The highest BCUT2D eigenvalue weighted by molar-refractivity contribution is 6.33. The number of halogens is 1. The number of para-hydroxylation sites is 1. The predicted octanol–water partition coefficient (Wildman–Crippen LogP) is 3.39. The third-order valence-electron chi connectivity index (χ3n) is 2.92. The number of aromatic hydroxyl groups is 1. The Balaban J connectivity index is 1.79. The van der Waals surface area contributed by atoms with Gasteiger partial charge < -0.3 is 19.9 Å². The highest BCUT2D eigenvalue weighted by Gasteiger charge is 2.16. The number of phenols is 1. The molecule has 2 N–H and O–H groups in total. The van der Waals surface area contributed by atoms with Gasteiger partial charge in [0.2, 0.25) is 6.79 Å². The van der Waals surface area contributed by atoms with Crippen LogP contribution in [-0.4, -0.2) is 11.9 Å². The van der Waals surface area contributed by atoms with Crippen molar-refractivity contribution in [2.24, 2.45) is 0 Å². The fourth-order valence-electron chi connectivity index (χ4n) is 1.90. The molecule has 0 unspecified atom stereocenters. The van der Waals surface area contributed by atoms with Crippen LogP contribution in [0.4, 0.5) is 5.69 Å². The molecule has 2 aromatic carbocycles. The van der Waals surface area contributed by atoms with Crippen molar-refractivity contribution in [2.45, 2.75) is 6.54 Å². The lowest BCUT2D eigenvalue weighted by Gasteiger charge is -2.10. The number of anilines is 1. The molecule has 0 amide bonds. The van der Waals surface area contributed by atoms with Crippen LogP contribution < -0.4 is 14.8 Å². The van der Waals surface area contributed by atoms with Crippen LogP contribution in [0.15, 0.2) is 36.4 Å². The van der Waals surface area contributed by atoms with Crippen molar-refractivity contribution in [2.75, 3.05) is 12.1 Å². The smallest absolute Gasteiger partial charge is 0.231 e. The maximum Gasteiger partial charge on any atom is 0.231 e. The van der Waals surface area contributed by atoms with Gasteiger partial charge in [-0.2, -0.15) is 0 Å². The molecule has 0 fully saturated rings. The van der Waals surface area contributed by atoms with Crippen molar-refractivity contribution in [3.63, 3.8) is 0 Å². The third kappa shape index (κ3) is 2.39. The highest BCUT2D eigenvalue weighted by atomic mass is 35.5. The van der Waals surface area contributed by atoms with E-state index in [0.717, 1.165) is 11.3 Å². The van der Waals surface area contributed by atoms with Crippen molar-refractivity contribution >= 4 is 17.3 Å². The molecule has 0 aliphatic carbocycles. The second-order valence-corrected chi connectivity index (χ2v) is 4.57. The van der Waals surface area contributed by atoms with Gasteiger partial charge in [0.1, 0.15) is 5.75 Å². The Labute approximate surface area is 115 Å². The molecule has 0 atom stereocenters. The Kier molecular flexibility index (Phi) is 3.09. The first kappa shape index (κ1) is 12.0. The molecule has 19 heavy (non-hydrogen) atoms. The Morgan fingerprint density at radius 1 is 1.16 bits per heavy atom. The molecule has 1 aliphatic heterocycles. The standard InChI is InChI=1S/C14H12ClNO3/c15-10-5-13-14(19-8-18-13)6-11(10)16-7-9-3-1-2-4-12(9)17/h1-6,16-17H,7-8H2. The van der Waals surface area contributed by atoms with Crippen LogP contribution in [0.2, 0.25) is 5.02 Å². The molecule has 1 heterocycles. The Morgan fingerprint density at radius 3 is 2.68 bits per heavy atom. The fraction of sp³-hybridized carbons (Fsp3) is 0.143. The lowest BCUT2D eigenvalue weighted by atomic mass is 10.2. The number of nitrogens with one attached hydrogen (secondary N) is 1. The van der Waals surface area contributed by atoms with Crippen molar-refractivity contribution in [1.82, 2.24) is 0 Å². The topological polar surface area (TPSA) is 50.7 Å². The summed E-state index contributed by atoms with van der Waals surface area (Å²) in [6.45, 7) is 0.695. The van der Waals surface area contributed by atoms with E-state index in [1.165, 1.54) is 0 Å². The molecule has 98 valence electrons. The zero-order valence-electron chi connectivity index (χ0n) is 10.0. The van der Waals surface area contributed by atoms with Crippen LogP contribution in [0.5, 0.6) is 17.2 Å². The van der Waals surface area contributed by atoms with Crippen LogP contribution in [0.25, 0.3) is 0 Å². The molecule has 0 bridgehead atoms. The van der Waals surface area contributed by atoms with E-state index < -0.39 is 0 Å². The predicted molar refractivity (Wildman–Crippen MR) is 73.0 cm³/mol. The Bertz CT molecular complexity index is 616. The SMILES string of the molecule is Oc1ccccc1CNc1cc2c(cc1Cl)OCO2. The van der Waals surface area contributed by atoms with Gasteiger partial charge in [-0.15, -0.1) is 0 Å². The first-order chi connectivity index (χ1) is 9.24. The van der Waals surface area contributed by atoms with E-state index in [-0.39, 0.29) is 12.5 Å². The van der Waals surface area contributed by atoms with Gasteiger partial charge in [-0.1, -0.05) is 29.8 Å². The van der Waals surface area contributed by atoms with E-state index in [2.05, 4.69) is 5.32 Å². The first-order valence-corrected chi connectivity index (χ1v) is 6.22. The van der Waals surface area contributed by atoms with Crippen molar-refractivity contribution < 1.29 is 14.6 Å². The molecule has 1 aliphatic rings. The zero-order valence-corrected chi connectivity index (χ0v) is 10.8. The van der Waals surface area contributed by atoms with E-state index in [9.17, 15) is 5.11 Å². The van der Waals surface area contributed by atoms with E-state index in [1.807, 2.05) is 12.1 Å². The van der Waals surface area contributed by atoms with E-state index in [4.69, 9.17) is 21.1 Å². The van der Waals surface area contributed by atoms with Crippen molar-refractivity contribution in [3.05, 3.63) is 47.0 Å². The summed E-state index contributed by atoms with van der Waals surface area (Å²) in [5.74, 6) is 1.58. The monoisotopic (exact) mass is 277 g/mol. The lowest BCUT2D eigenvalue weighted by molar-refractivity contribution is 0.174. The molecule has 2 aromatic rings. The van der Waals surface area contributed by atoms with Crippen LogP contribution in [-0.2, 0) is 6.54 Å². The number of hydrogen-bond donors (Lipinski definition) is 2. The third-order valence-corrected chi connectivity index (χ3v) is 3.24. The molecular weight excluding hydrogens is 266 g/mol. The van der Waals surface area contributed by atoms with Gasteiger partial charge in [0.05, 0.1) is 10.7 Å². The number of hydrogen-bond acceptors (Lipinski definition) is 4. The summed E-state index contributed by atoms with van der Waals surface area (Å²) in [7, 11) is 0. The Morgan fingerprint density at radius 2 is 1.89 bits per heavy atom. The van der Waals surface area contributed by atoms with Crippen molar-refractivity contribution in [3.8, 4) is 17.2 Å². The second-order valence-electron chi connectivity index (χ2n) is 4.17. The molecule has 3 rings (SSSR count). The summed E-state index contributed by atoms with van der Waals surface area (Å²) in [4.78, 5) is 0. The maximum absolute atomic E-state index is 9.70. The average Bonchev–Trinajstić information content (AvgIpc) is 2.84. The van der Waals surface area contributed by atoms with E-state index >= 15 is 0 Å². The van der Waals surface area contributed by atoms with Gasteiger partial charge in [0.15, 0.2) is 11.5 Å². The van der Waals surface area contributed by atoms with Crippen LogP contribution in [0, 0.1) is 0 Å². The molecule has 5 heteroatoms. The summed E-state index contributed by atoms with van der Waals surface area (Å²) in [6.07, 6.45) is 0. The van der Waals surface area contributed by atoms with Gasteiger partial charge in [0, 0.05) is 24.2 Å². The molecule has 0 spiro atoms. The summed E-state index contributed by atoms with van der Waals surface area (Å²) in [5, 5.41) is 13.4. The minimum absolute atomic E-state index is 0.217. The Hall–Kier alpha value is -2.07. The van der Waals surface area contributed by atoms with Gasteiger partial charge in [0.25, 0.3) is 0 Å². The normalized spacial score (nSPS) is 12.5. The van der Waals surface area contributed by atoms with E-state index in [0.29, 0.717) is 23.1 Å². The minimum atomic E-state index is 0.217. The maximum atomic E-state index is 9.70. The highest BCUT2D eigenvalue weighted by Crippen LogP contribution is 2.39. The molecule has 0 aromatic heterocycles. The summed E-state index contributed by atoms with van der Waals surface area (Å²) in [6, 6.07) is 10.7. The summed E-state index contributed by atoms with van der Waals surface area (Å²) < 4.78 is 10.5. The zero-order chi connectivity index (χ0) is 13.2. The molecule has 4 nitrogen and oxygen atoms in total. The molecule has 0 saturated carbocycles. The quantitative estimate of drug-likeness (QED) is 0.903. The fourth-order valence-corrected chi connectivity index (χ4v) is 2.12. The van der Waals surface area contributed by atoms with Crippen LogP contribution in [0.1, 0.15) is 5.56 Å². The van der Waals surface area contributed by atoms with Gasteiger partial charge >= 0.3 is 0 Å². The number of phenolic OH excluding ortho intramolecular Hbond substituents is 1. The number of fused-ring (bicyclic) bond motifs is 1. The van der Waals surface area contributed by atoms with Gasteiger partial charge in [-0.3, -0.25) is 0 Å². The summed E-state index contributed by atoms with van der Waals surface area (Å²) >= 11 is 6.15.